The van der Waals surface area contributed by atoms with Crippen molar-refractivity contribution in [3.8, 4) is 0 Å². The van der Waals surface area contributed by atoms with Crippen molar-refractivity contribution in [2.75, 3.05) is 0 Å². The van der Waals surface area contributed by atoms with Gasteiger partial charge in [-0.2, -0.15) is 18.2 Å². The molecule has 0 radical (unpaired) electrons. The van der Waals surface area contributed by atoms with Crippen LogP contribution in [0.15, 0.2) is 54.6 Å². The Morgan fingerprint density at radius 3 is 2.15 bits per heavy atom. The van der Waals surface area contributed by atoms with Gasteiger partial charge in [-0.1, -0.05) is 43.0 Å². The molecule has 0 unspecified atom stereocenters. The van der Waals surface area contributed by atoms with Crippen molar-refractivity contribution in [1.29, 1.82) is 0 Å². The van der Waals surface area contributed by atoms with E-state index in [1.807, 2.05) is 0 Å². The fraction of sp³-hybridized carbons (Fsp3) is 0.250. The number of halogens is 2. The van der Waals surface area contributed by atoms with Crippen LogP contribution in [0.25, 0.3) is 21.5 Å². The molecule has 0 heterocycles. The molecule has 1 aliphatic carbocycles. The third-order valence-electron chi connectivity index (χ3n) is 5.42. The minimum Gasteiger partial charge on any atom is -1.00 e. The second kappa shape index (κ2) is 10.1. The molecule has 0 saturated heterocycles. The zero-order chi connectivity index (χ0) is 16.7. The molecule has 3 heteroatoms. The van der Waals surface area contributed by atoms with Gasteiger partial charge in [-0.3, -0.25) is 0 Å². The number of rotatable bonds is 0. The minimum absolute atomic E-state index is 0. The summed E-state index contributed by atoms with van der Waals surface area (Å²) in [7, 11) is 0. The molecule has 27 heavy (non-hydrogen) atoms. The third kappa shape index (κ3) is 4.76. The normalized spacial score (nSPS) is 11.7. The minimum atomic E-state index is 0. The second-order valence-electron chi connectivity index (χ2n) is 7.14. The van der Waals surface area contributed by atoms with Gasteiger partial charge in [0.2, 0.25) is 0 Å². The number of benzene rings is 2. The molecule has 138 valence electrons. The van der Waals surface area contributed by atoms with Gasteiger partial charge in [0.05, 0.1) is 0 Å². The van der Waals surface area contributed by atoms with E-state index in [1.165, 1.54) is 63.1 Å². The van der Waals surface area contributed by atoms with Crippen LogP contribution in [0.1, 0.15) is 34.2 Å². The van der Waals surface area contributed by atoms with Crippen molar-refractivity contribution in [3.05, 3.63) is 82.4 Å². The van der Waals surface area contributed by atoms with Gasteiger partial charge in [-0.15, -0.1) is 62.5 Å². The summed E-state index contributed by atoms with van der Waals surface area (Å²) in [4.78, 5) is 0. The predicted octanol–water partition coefficient (Wildman–Crippen LogP) is 0.537. The van der Waals surface area contributed by atoms with Crippen LogP contribution in [-0.2, 0) is 39.0 Å². The van der Waals surface area contributed by atoms with Crippen LogP contribution in [0.5, 0.6) is 0 Å². The average Bonchev–Trinajstić information content (AvgIpc) is 3.17. The van der Waals surface area contributed by atoms with Crippen LogP contribution in [0.4, 0.5) is 0 Å². The van der Waals surface area contributed by atoms with Gasteiger partial charge < -0.3 is 24.8 Å². The van der Waals surface area contributed by atoms with Crippen LogP contribution in [0.2, 0.25) is 0 Å². The van der Waals surface area contributed by atoms with E-state index in [-0.39, 0.29) is 51.0 Å². The molecule has 0 N–H and O–H groups in total. The topological polar surface area (TPSA) is 0 Å². The standard InChI is InChI=1S/C13H13.C11H11.2ClH.Zr/c1-9-5-6-11-4-2-3-10-7-12(9)13(11)8-10;1-8-6-7-9(2)11-5-3-4-10(8)11;;;/h5-8H,2-4H2,1H3;3-7H,1-2H3;2*1H;/q2*-1;;;+4/p-2. The molecule has 0 fully saturated rings. The summed E-state index contributed by atoms with van der Waals surface area (Å²) in [5.41, 5.74) is 7.24. The largest absolute Gasteiger partial charge is 4.00 e. The van der Waals surface area contributed by atoms with E-state index in [0.717, 1.165) is 0 Å². The maximum Gasteiger partial charge on any atom is 4.00 e. The smallest absolute Gasteiger partial charge is 1.00 e. The molecule has 0 atom stereocenters. The fourth-order valence-electron chi connectivity index (χ4n) is 3.95. The first kappa shape index (κ1) is 24.2. The third-order valence-corrected chi connectivity index (χ3v) is 5.42. The summed E-state index contributed by atoms with van der Waals surface area (Å²) in [6.45, 7) is 6.51. The van der Waals surface area contributed by atoms with Gasteiger partial charge in [0, 0.05) is 0 Å². The van der Waals surface area contributed by atoms with Crippen molar-refractivity contribution < 1.29 is 51.0 Å². The molecule has 0 amide bonds. The Balaban J connectivity index is 0.000000246. The van der Waals surface area contributed by atoms with Crippen molar-refractivity contribution in [2.45, 2.75) is 40.0 Å². The molecular weight excluding hydrogens is 450 g/mol. The Morgan fingerprint density at radius 2 is 1.41 bits per heavy atom. The molecular formula is C24H24Cl2Zr. The van der Waals surface area contributed by atoms with Crippen molar-refractivity contribution in [1.82, 2.24) is 0 Å². The van der Waals surface area contributed by atoms with E-state index in [1.54, 1.807) is 5.56 Å². The average molecular weight is 475 g/mol. The Hall–Kier alpha value is -0.877. The van der Waals surface area contributed by atoms with E-state index in [4.69, 9.17) is 0 Å². The first-order valence-corrected chi connectivity index (χ1v) is 8.93. The first-order chi connectivity index (χ1) is 11.6. The van der Waals surface area contributed by atoms with Gasteiger partial charge in [0.1, 0.15) is 0 Å². The van der Waals surface area contributed by atoms with Gasteiger partial charge in [0.15, 0.2) is 0 Å². The zero-order valence-electron chi connectivity index (χ0n) is 16.1. The summed E-state index contributed by atoms with van der Waals surface area (Å²) < 4.78 is 0. The summed E-state index contributed by atoms with van der Waals surface area (Å²) >= 11 is 0. The van der Waals surface area contributed by atoms with Gasteiger partial charge in [-0.25, -0.2) is 0 Å². The van der Waals surface area contributed by atoms with Crippen molar-refractivity contribution in [2.24, 2.45) is 0 Å². The number of hydrogen-bond donors (Lipinski definition) is 0. The molecule has 5 rings (SSSR count). The van der Waals surface area contributed by atoms with Crippen LogP contribution in [-0.4, -0.2) is 0 Å². The van der Waals surface area contributed by atoms with Crippen LogP contribution >= 0.6 is 0 Å². The molecule has 4 aromatic rings. The summed E-state index contributed by atoms with van der Waals surface area (Å²) in [6.07, 6.45) is 3.84. The molecule has 0 saturated carbocycles. The summed E-state index contributed by atoms with van der Waals surface area (Å²) in [6, 6.07) is 20.1. The summed E-state index contributed by atoms with van der Waals surface area (Å²) in [5, 5.41) is 5.77. The number of fused-ring (bicyclic) bond motifs is 2. The van der Waals surface area contributed by atoms with Crippen molar-refractivity contribution >= 4 is 21.5 Å². The maximum atomic E-state index is 2.38. The monoisotopic (exact) mass is 472 g/mol. The van der Waals surface area contributed by atoms with Crippen molar-refractivity contribution in [3.63, 3.8) is 0 Å². The fourth-order valence-corrected chi connectivity index (χ4v) is 3.95. The predicted molar refractivity (Wildman–Crippen MR) is 105 cm³/mol. The molecule has 2 bridgehead atoms. The van der Waals surface area contributed by atoms with Gasteiger partial charge >= 0.3 is 26.2 Å². The molecule has 1 aliphatic rings. The Morgan fingerprint density at radius 1 is 0.741 bits per heavy atom. The Labute approximate surface area is 194 Å². The number of aryl methyl sites for hydroxylation is 5. The van der Waals surface area contributed by atoms with E-state index in [2.05, 4.69) is 75.4 Å². The van der Waals surface area contributed by atoms with E-state index < -0.39 is 0 Å². The van der Waals surface area contributed by atoms with Crippen LogP contribution in [0.3, 0.4) is 0 Å². The van der Waals surface area contributed by atoms with E-state index >= 15 is 0 Å². The van der Waals surface area contributed by atoms with Crippen LogP contribution in [0, 0.1) is 20.8 Å². The Bertz CT molecular complexity index is 984. The molecule has 0 aliphatic heterocycles. The SMILES string of the molecule is Cc1ccc(C)c2[cH-]ccc12.Cc1ccc2c3[cH-]c(cc13)CCC2.[Cl-].[Cl-].[Zr+4]. The van der Waals surface area contributed by atoms with Gasteiger partial charge in [0.25, 0.3) is 0 Å². The second-order valence-corrected chi connectivity index (χ2v) is 7.14. The first-order valence-electron chi connectivity index (χ1n) is 8.93. The molecule has 0 spiro atoms. The number of hydrogen-bond acceptors (Lipinski definition) is 0. The van der Waals surface area contributed by atoms with Gasteiger partial charge in [-0.05, 0) is 20.3 Å². The van der Waals surface area contributed by atoms with Crippen LogP contribution < -0.4 is 24.8 Å². The summed E-state index contributed by atoms with van der Waals surface area (Å²) in [5.74, 6) is 0. The quantitative estimate of drug-likeness (QED) is 0.327. The molecule has 0 nitrogen and oxygen atoms in total. The molecule has 0 aromatic heterocycles. The maximum absolute atomic E-state index is 2.38. The molecule has 4 aromatic carbocycles. The Kier molecular flexibility index (Phi) is 9.00. The zero-order valence-corrected chi connectivity index (χ0v) is 20.0. The van der Waals surface area contributed by atoms with E-state index in [0.29, 0.717) is 0 Å². The van der Waals surface area contributed by atoms with E-state index in [9.17, 15) is 0 Å².